The maximum Gasteiger partial charge on any atom is 0.416 e. The number of para-hydroxylation sites is 2. The zero-order valence-corrected chi connectivity index (χ0v) is 33.6. The molecule has 2 heterocycles. The summed E-state index contributed by atoms with van der Waals surface area (Å²) < 4.78 is 72.9. The first kappa shape index (κ1) is 44.0. The van der Waals surface area contributed by atoms with Crippen LogP contribution in [0.3, 0.4) is 0 Å². The number of H-pyrrole nitrogens is 1. The summed E-state index contributed by atoms with van der Waals surface area (Å²) >= 11 is 0. The van der Waals surface area contributed by atoms with E-state index in [0.29, 0.717) is 31.2 Å². The van der Waals surface area contributed by atoms with Crippen molar-refractivity contribution >= 4 is 39.0 Å². The van der Waals surface area contributed by atoms with Crippen LogP contribution < -0.4 is 10.6 Å². The zero-order chi connectivity index (χ0) is 43.4. The Morgan fingerprint density at radius 2 is 1.39 bits per heavy atom. The van der Waals surface area contributed by atoms with Gasteiger partial charge in [-0.1, -0.05) is 116 Å². The summed E-state index contributed by atoms with van der Waals surface area (Å²) in [6.07, 6.45) is -3.47. The SMILES string of the molecule is O=C(N[C@@H](Cc1ccccc1)C(=O)O)OCc1ccccc1.O=C(N[C@@H](Cc1ccccc1)c1nc2ccccc2[nH]1)[C@@H]1CCCCN1S(=O)(=O)c1cccc(C(F)(F)F)c1. The van der Waals surface area contributed by atoms with Crippen molar-refractivity contribution in [3.63, 3.8) is 0 Å². The number of nitrogens with zero attached hydrogens (tertiary/aromatic N) is 2. The Bertz CT molecular complexity index is 2470. The van der Waals surface area contributed by atoms with E-state index in [1.807, 2.05) is 115 Å². The van der Waals surface area contributed by atoms with Gasteiger partial charge in [0.25, 0.3) is 0 Å². The number of piperidine rings is 1. The standard InChI is InChI=1S/C28H27F3N4O3S.C17H17NO4/c29-28(30,31)20-11-8-12-21(18-20)39(37,38)35-16-7-6-15-25(35)27(36)34-24(17-19-9-2-1-3-10-19)26-32-22-13-4-5-14-23(22)33-26;19-16(20)15(11-13-7-3-1-4-8-13)18-17(21)22-12-14-9-5-2-6-10-14/h1-5,8-14,18,24-25H,6-7,15-17H2,(H,32,33)(H,34,36);1-10,15H,11-12H2,(H,18,21)(H,19,20)/t24-,25-;15-/m00/s1. The third-order valence-electron chi connectivity index (χ3n) is 9.95. The first-order valence-corrected chi connectivity index (χ1v) is 20.9. The van der Waals surface area contributed by atoms with E-state index < -0.39 is 62.8 Å². The second-order valence-corrected chi connectivity index (χ2v) is 16.2. The molecular formula is C45H44F3N5O7S. The third kappa shape index (κ3) is 12.0. The van der Waals surface area contributed by atoms with E-state index in [2.05, 4.69) is 20.6 Å². The fourth-order valence-corrected chi connectivity index (χ4v) is 8.55. The van der Waals surface area contributed by atoms with Crippen molar-refractivity contribution in [3.05, 3.63) is 168 Å². The van der Waals surface area contributed by atoms with Gasteiger partial charge in [-0.15, -0.1) is 0 Å². The summed E-state index contributed by atoms with van der Waals surface area (Å²) in [4.78, 5) is 44.0. The monoisotopic (exact) mass is 855 g/mol. The van der Waals surface area contributed by atoms with Crippen molar-refractivity contribution in [1.82, 2.24) is 24.9 Å². The Morgan fingerprint density at radius 1 is 0.787 bits per heavy atom. The number of aromatic nitrogens is 2. The van der Waals surface area contributed by atoms with E-state index in [9.17, 15) is 41.1 Å². The summed E-state index contributed by atoms with van der Waals surface area (Å²) in [5.41, 5.74) is 3.08. The lowest BCUT2D eigenvalue weighted by Crippen LogP contribution is -2.52. The van der Waals surface area contributed by atoms with Crippen LogP contribution >= 0.6 is 0 Å². The Balaban J connectivity index is 0.000000240. The van der Waals surface area contributed by atoms with Crippen LogP contribution in [-0.2, 0) is 50.0 Å². The molecule has 5 aromatic carbocycles. The second kappa shape index (κ2) is 20.2. The number of rotatable bonds is 13. The van der Waals surface area contributed by atoms with Crippen LogP contribution in [-0.4, -0.2) is 64.4 Å². The fourth-order valence-electron chi connectivity index (χ4n) is 6.85. The number of alkyl halides is 3. The Hall–Kier alpha value is -6.52. The van der Waals surface area contributed by atoms with Gasteiger partial charge in [-0.3, -0.25) is 4.79 Å². The molecule has 61 heavy (non-hydrogen) atoms. The fraction of sp³-hybridized carbons (Fsp3) is 0.244. The minimum absolute atomic E-state index is 0.0324. The van der Waals surface area contributed by atoms with Gasteiger partial charge in [-0.2, -0.15) is 17.5 Å². The number of nitrogens with one attached hydrogen (secondary N) is 3. The lowest BCUT2D eigenvalue weighted by atomic mass is 10.0. The highest BCUT2D eigenvalue weighted by Gasteiger charge is 2.40. The van der Waals surface area contributed by atoms with Gasteiger partial charge < -0.3 is 25.5 Å². The molecule has 1 aromatic heterocycles. The van der Waals surface area contributed by atoms with Crippen LogP contribution in [0.1, 0.15) is 53.4 Å². The van der Waals surface area contributed by atoms with Crippen molar-refractivity contribution in [1.29, 1.82) is 0 Å². The minimum Gasteiger partial charge on any atom is -0.480 e. The smallest absolute Gasteiger partial charge is 0.416 e. The molecule has 0 radical (unpaired) electrons. The molecule has 0 bridgehead atoms. The molecular weight excluding hydrogens is 812 g/mol. The van der Waals surface area contributed by atoms with Crippen molar-refractivity contribution < 1.29 is 45.8 Å². The number of halogens is 3. The Morgan fingerprint density at radius 3 is 2.02 bits per heavy atom. The highest BCUT2D eigenvalue weighted by Crippen LogP contribution is 2.33. The lowest BCUT2D eigenvalue weighted by Gasteiger charge is -2.34. The number of ether oxygens (including phenoxy) is 1. The number of benzene rings is 5. The predicted octanol–water partition coefficient (Wildman–Crippen LogP) is 7.83. The molecule has 3 atom stereocenters. The molecule has 318 valence electrons. The first-order chi connectivity index (χ1) is 29.3. The van der Waals surface area contributed by atoms with E-state index in [1.165, 1.54) is 0 Å². The quantitative estimate of drug-likeness (QED) is 0.0911. The van der Waals surface area contributed by atoms with Crippen LogP contribution in [0, 0.1) is 0 Å². The summed E-state index contributed by atoms with van der Waals surface area (Å²) in [6, 6.07) is 36.2. The van der Waals surface area contributed by atoms with Gasteiger partial charge in [0.1, 0.15) is 24.5 Å². The number of aromatic amines is 1. The largest absolute Gasteiger partial charge is 0.480 e. The van der Waals surface area contributed by atoms with Gasteiger partial charge in [0.05, 0.1) is 27.5 Å². The maximum absolute atomic E-state index is 13.7. The first-order valence-electron chi connectivity index (χ1n) is 19.5. The number of aliphatic carboxylic acids is 1. The molecule has 12 nitrogen and oxygen atoms in total. The molecule has 6 aromatic rings. The number of sulfonamides is 1. The molecule has 2 amide bonds. The number of hydrogen-bond acceptors (Lipinski definition) is 7. The van der Waals surface area contributed by atoms with Gasteiger partial charge in [-0.05, 0) is 66.3 Å². The summed E-state index contributed by atoms with van der Waals surface area (Å²) in [7, 11) is -4.37. The van der Waals surface area contributed by atoms with Gasteiger partial charge >= 0.3 is 18.2 Å². The number of fused-ring (bicyclic) bond motifs is 1. The van der Waals surface area contributed by atoms with E-state index in [-0.39, 0.29) is 26.0 Å². The van der Waals surface area contributed by atoms with Crippen LogP contribution in [0.2, 0.25) is 0 Å². The molecule has 1 aliphatic rings. The van der Waals surface area contributed by atoms with E-state index in [4.69, 9.17) is 4.74 Å². The van der Waals surface area contributed by atoms with Crippen molar-refractivity contribution in [2.24, 2.45) is 0 Å². The molecule has 0 unspecified atom stereocenters. The molecule has 7 rings (SSSR count). The number of amides is 2. The van der Waals surface area contributed by atoms with Crippen LogP contribution in [0.4, 0.5) is 18.0 Å². The number of carboxylic acids is 1. The van der Waals surface area contributed by atoms with Crippen LogP contribution in [0.5, 0.6) is 0 Å². The molecule has 1 saturated heterocycles. The summed E-state index contributed by atoms with van der Waals surface area (Å²) in [5, 5.41) is 14.6. The third-order valence-corrected chi connectivity index (χ3v) is 11.9. The van der Waals surface area contributed by atoms with Crippen molar-refractivity contribution in [3.8, 4) is 0 Å². The summed E-state index contributed by atoms with van der Waals surface area (Å²) in [6.45, 7) is 0.134. The molecule has 16 heteroatoms. The normalized spacial score (nSPS) is 15.4. The Kier molecular flexibility index (Phi) is 14.6. The van der Waals surface area contributed by atoms with Gasteiger partial charge in [0.2, 0.25) is 15.9 Å². The van der Waals surface area contributed by atoms with E-state index in [1.54, 1.807) is 0 Å². The van der Waals surface area contributed by atoms with Crippen molar-refractivity contribution in [2.45, 2.75) is 67.9 Å². The number of alkyl carbamates (subject to hydrolysis) is 1. The highest BCUT2D eigenvalue weighted by atomic mass is 32.2. The number of carbonyl (C=O) groups excluding carboxylic acids is 2. The van der Waals surface area contributed by atoms with Gasteiger partial charge in [0, 0.05) is 13.0 Å². The molecule has 1 aliphatic heterocycles. The summed E-state index contributed by atoms with van der Waals surface area (Å²) in [5.74, 6) is -1.09. The molecule has 4 N–H and O–H groups in total. The number of imidazole rings is 1. The average molecular weight is 856 g/mol. The number of carboxylic acid groups (broad SMARTS) is 1. The second-order valence-electron chi connectivity index (χ2n) is 14.3. The van der Waals surface area contributed by atoms with Crippen LogP contribution in [0.25, 0.3) is 11.0 Å². The van der Waals surface area contributed by atoms with Gasteiger partial charge in [-0.25, -0.2) is 23.0 Å². The lowest BCUT2D eigenvalue weighted by molar-refractivity contribution is -0.139. The average Bonchev–Trinajstić information content (AvgIpc) is 3.71. The van der Waals surface area contributed by atoms with E-state index in [0.717, 1.165) is 50.2 Å². The van der Waals surface area contributed by atoms with E-state index >= 15 is 0 Å². The topological polar surface area (TPSA) is 171 Å². The maximum atomic E-state index is 13.7. The highest BCUT2D eigenvalue weighted by molar-refractivity contribution is 7.89. The number of carbonyl (C=O) groups is 3. The zero-order valence-electron chi connectivity index (χ0n) is 32.8. The Labute approximate surface area is 350 Å². The molecule has 0 saturated carbocycles. The minimum atomic E-state index is -4.69. The predicted molar refractivity (Wildman–Crippen MR) is 221 cm³/mol. The number of hydrogen-bond donors (Lipinski definition) is 4. The van der Waals surface area contributed by atoms with Crippen LogP contribution in [0.15, 0.2) is 144 Å². The van der Waals surface area contributed by atoms with Gasteiger partial charge in [0.15, 0.2) is 0 Å². The van der Waals surface area contributed by atoms with Crippen molar-refractivity contribution in [2.75, 3.05) is 6.54 Å². The molecule has 1 fully saturated rings. The molecule has 0 spiro atoms. The molecule has 0 aliphatic carbocycles.